The first kappa shape index (κ1) is 23.1. The highest BCUT2D eigenvalue weighted by Gasteiger charge is 2.57. The van der Waals surface area contributed by atoms with Crippen molar-refractivity contribution >= 4 is 5.91 Å². The van der Waals surface area contributed by atoms with E-state index in [1.807, 2.05) is 18.2 Å². The summed E-state index contributed by atoms with van der Waals surface area (Å²) in [5.41, 5.74) is 4.06. The summed E-state index contributed by atoms with van der Waals surface area (Å²) in [6.07, 6.45) is 5.57. The minimum Gasteiger partial charge on any atom is -0.508 e. The topological polar surface area (TPSA) is 64.0 Å². The monoisotopic (exact) mass is 474 g/mol. The number of likely N-dealkylation sites (tertiary alicyclic amines) is 1. The molecular weight excluding hydrogens is 436 g/mol. The Morgan fingerprint density at radius 1 is 1.03 bits per heavy atom. The molecular formula is C30H38N2O3. The molecule has 186 valence electrons. The van der Waals surface area contributed by atoms with Crippen LogP contribution < -0.4 is 0 Å². The van der Waals surface area contributed by atoms with Gasteiger partial charge in [0.2, 0.25) is 0 Å². The first-order valence-corrected chi connectivity index (χ1v) is 13.3. The molecule has 1 aliphatic carbocycles. The smallest absolute Gasteiger partial charge is 0.254 e. The molecule has 4 bridgehead atoms. The zero-order valence-corrected chi connectivity index (χ0v) is 21.2. The molecule has 2 unspecified atom stereocenters. The van der Waals surface area contributed by atoms with Gasteiger partial charge in [-0.25, -0.2) is 0 Å². The van der Waals surface area contributed by atoms with E-state index in [0.717, 1.165) is 43.5 Å². The second kappa shape index (κ2) is 8.07. The molecule has 3 aliphatic heterocycles. The molecule has 2 aromatic carbocycles. The SMILES string of the molecule is CC1(C)[C@H]2Cc3c(O)cccc3[C@]1(C)CCN2C(=O)c1ccc(CN2C3CCC2CC(O)C3)cc1. The van der Waals surface area contributed by atoms with Crippen molar-refractivity contribution in [3.63, 3.8) is 0 Å². The molecule has 35 heavy (non-hydrogen) atoms. The van der Waals surface area contributed by atoms with Crippen LogP contribution in [0.3, 0.4) is 0 Å². The van der Waals surface area contributed by atoms with Crippen molar-refractivity contribution in [1.29, 1.82) is 0 Å². The lowest BCUT2D eigenvalue weighted by molar-refractivity contribution is -0.0266. The van der Waals surface area contributed by atoms with Crippen molar-refractivity contribution < 1.29 is 15.0 Å². The van der Waals surface area contributed by atoms with Gasteiger partial charge in [-0.15, -0.1) is 0 Å². The number of hydrogen-bond donors (Lipinski definition) is 2. The Labute approximate surface area is 208 Å². The van der Waals surface area contributed by atoms with Gasteiger partial charge in [0.15, 0.2) is 0 Å². The van der Waals surface area contributed by atoms with E-state index in [9.17, 15) is 15.0 Å². The van der Waals surface area contributed by atoms with E-state index in [-0.39, 0.29) is 28.9 Å². The van der Waals surface area contributed by atoms with Crippen LogP contribution in [0, 0.1) is 5.41 Å². The van der Waals surface area contributed by atoms with Gasteiger partial charge in [-0.2, -0.15) is 0 Å². The number of phenolic OH excluding ortho intramolecular Hbond substituents is 1. The maximum Gasteiger partial charge on any atom is 0.254 e. The molecule has 0 aromatic heterocycles. The van der Waals surface area contributed by atoms with Gasteiger partial charge in [0.05, 0.1) is 6.10 Å². The fourth-order valence-electron chi connectivity index (χ4n) is 7.80. The molecule has 2 N–H and O–H groups in total. The molecule has 0 saturated carbocycles. The van der Waals surface area contributed by atoms with E-state index in [1.165, 1.54) is 24.0 Å². The highest BCUT2D eigenvalue weighted by Crippen LogP contribution is 2.57. The second-order valence-electron chi connectivity index (χ2n) is 12.2. The zero-order chi connectivity index (χ0) is 24.5. The van der Waals surface area contributed by atoms with Crippen LogP contribution in [0.1, 0.15) is 79.9 Å². The van der Waals surface area contributed by atoms with E-state index in [1.54, 1.807) is 6.07 Å². The maximum atomic E-state index is 13.8. The van der Waals surface area contributed by atoms with Crippen LogP contribution in [0.5, 0.6) is 5.75 Å². The number of carbonyl (C=O) groups is 1. The number of amides is 1. The number of benzene rings is 2. The predicted octanol–water partition coefficient (Wildman–Crippen LogP) is 4.63. The Morgan fingerprint density at radius 3 is 2.40 bits per heavy atom. The van der Waals surface area contributed by atoms with Crippen molar-refractivity contribution in [1.82, 2.24) is 9.80 Å². The van der Waals surface area contributed by atoms with Crippen LogP contribution in [-0.4, -0.2) is 56.7 Å². The lowest BCUT2D eigenvalue weighted by Gasteiger charge is -2.60. The molecule has 5 heteroatoms. The Hall–Kier alpha value is -2.37. The summed E-state index contributed by atoms with van der Waals surface area (Å²) in [6, 6.07) is 15.1. The van der Waals surface area contributed by atoms with E-state index < -0.39 is 0 Å². The minimum atomic E-state index is -0.145. The summed E-state index contributed by atoms with van der Waals surface area (Å²) in [7, 11) is 0. The van der Waals surface area contributed by atoms with Crippen LogP contribution in [0.25, 0.3) is 0 Å². The van der Waals surface area contributed by atoms with Crippen molar-refractivity contribution in [3.8, 4) is 5.75 Å². The summed E-state index contributed by atoms with van der Waals surface area (Å²) in [5, 5.41) is 20.7. The lowest BCUT2D eigenvalue weighted by Crippen LogP contribution is -2.64. The van der Waals surface area contributed by atoms with Crippen LogP contribution in [0.4, 0.5) is 0 Å². The summed E-state index contributed by atoms with van der Waals surface area (Å²) in [5.74, 6) is 0.448. The third-order valence-corrected chi connectivity index (χ3v) is 10.3. The Bertz CT molecular complexity index is 1130. The van der Waals surface area contributed by atoms with Gasteiger partial charge >= 0.3 is 0 Å². The van der Waals surface area contributed by atoms with Crippen LogP contribution in [0.2, 0.25) is 0 Å². The molecule has 0 spiro atoms. The predicted molar refractivity (Wildman–Crippen MR) is 136 cm³/mol. The Kier molecular flexibility index (Phi) is 5.32. The molecule has 0 radical (unpaired) electrons. The number of carbonyl (C=O) groups excluding carboxylic acids is 1. The number of hydrogen-bond acceptors (Lipinski definition) is 4. The normalized spacial score (nSPS) is 33.4. The molecule has 3 saturated heterocycles. The summed E-state index contributed by atoms with van der Waals surface area (Å²) >= 11 is 0. The van der Waals surface area contributed by atoms with Gasteiger partial charge in [-0.1, -0.05) is 45.0 Å². The third-order valence-electron chi connectivity index (χ3n) is 10.3. The van der Waals surface area contributed by atoms with E-state index in [4.69, 9.17) is 0 Å². The van der Waals surface area contributed by atoms with Crippen LogP contribution >= 0.6 is 0 Å². The highest BCUT2D eigenvalue weighted by atomic mass is 16.3. The average Bonchev–Trinajstić information content (AvgIpc) is 3.05. The van der Waals surface area contributed by atoms with Crippen LogP contribution in [-0.2, 0) is 18.4 Å². The maximum absolute atomic E-state index is 13.8. The number of phenols is 1. The molecule has 3 fully saturated rings. The Morgan fingerprint density at radius 2 is 1.71 bits per heavy atom. The summed E-state index contributed by atoms with van der Waals surface area (Å²) in [4.78, 5) is 18.4. The van der Waals surface area contributed by atoms with Gasteiger partial charge in [0, 0.05) is 42.2 Å². The molecule has 2 aromatic rings. The number of fused-ring (bicyclic) bond motifs is 6. The summed E-state index contributed by atoms with van der Waals surface area (Å²) in [6.45, 7) is 8.51. The van der Waals surface area contributed by atoms with Gasteiger partial charge in [-0.05, 0) is 78.8 Å². The molecule has 1 amide bonds. The van der Waals surface area contributed by atoms with Crippen molar-refractivity contribution in [2.24, 2.45) is 5.41 Å². The van der Waals surface area contributed by atoms with Crippen molar-refractivity contribution in [2.45, 2.75) is 95.5 Å². The van der Waals surface area contributed by atoms with Gasteiger partial charge in [0.25, 0.3) is 5.91 Å². The number of piperidine rings is 2. The van der Waals surface area contributed by atoms with Gasteiger partial charge < -0.3 is 15.1 Å². The highest BCUT2D eigenvalue weighted by molar-refractivity contribution is 5.94. The van der Waals surface area contributed by atoms with E-state index in [2.05, 4.69) is 48.8 Å². The third kappa shape index (κ3) is 3.46. The number of nitrogens with zero attached hydrogens (tertiary/aromatic N) is 2. The molecule has 5 nitrogen and oxygen atoms in total. The number of aliphatic hydroxyl groups excluding tert-OH is 1. The van der Waals surface area contributed by atoms with Crippen LogP contribution in [0.15, 0.2) is 42.5 Å². The molecule has 4 aliphatic rings. The number of aliphatic hydroxyl groups is 1. The zero-order valence-electron chi connectivity index (χ0n) is 21.2. The van der Waals surface area contributed by atoms with Crippen molar-refractivity contribution in [2.75, 3.05) is 6.54 Å². The molecule has 3 heterocycles. The number of rotatable bonds is 3. The standard InChI is InChI=1S/C30H38N2O3/c1-29(2)27-17-24-25(5-4-6-26(24)34)30(29,3)13-14-31(27)28(35)20-9-7-19(8-10-20)18-32-21-11-12-22(32)16-23(33)15-21/h4-10,21-23,27,33-34H,11-18H2,1-3H3/t21?,22?,23?,27-,30+/m1/s1. The molecule has 4 atom stereocenters. The average molecular weight is 475 g/mol. The molecule has 6 rings (SSSR count). The lowest BCUT2D eigenvalue weighted by atomic mass is 9.51. The fourth-order valence-corrected chi connectivity index (χ4v) is 7.80. The van der Waals surface area contributed by atoms with Crippen molar-refractivity contribution in [3.05, 3.63) is 64.7 Å². The number of aromatic hydroxyl groups is 1. The van der Waals surface area contributed by atoms with E-state index >= 15 is 0 Å². The van der Waals surface area contributed by atoms with E-state index in [0.29, 0.717) is 24.3 Å². The first-order chi connectivity index (χ1) is 16.7. The Balaban J connectivity index is 1.22. The first-order valence-electron chi connectivity index (χ1n) is 13.3. The fraction of sp³-hybridized carbons (Fsp3) is 0.567. The largest absolute Gasteiger partial charge is 0.508 e. The summed E-state index contributed by atoms with van der Waals surface area (Å²) < 4.78 is 0. The quantitative estimate of drug-likeness (QED) is 0.681. The second-order valence-corrected chi connectivity index (χ2v) is 12.2. The minimum absolute atomic E-state index is 0.0460. The van der Waals surface area contributed by atoms with Gasteiger partial charge in [-0.3, -0.25) is 9.69 Å². The van der Waals surface area contributed by atoms with Gasteiger partial charge in [0.1, 0.15) is 5.75 Å².